The van der Waals surface area contributed by atoms with Crippen LogP contribution in [-0.2, 0) is 13.1 Å². The Bertz CT molecular complexity index is 1010. The first-order valence-electron chi connectivity index (χ1n) is 8.96. The zero-order valence-electron chi connectivity index (χ0n) is 15.4. The van der Waals surface area contributed by atoms with Gasteiger partial charge in [-0.3, -0.25) is 4.79 Å². The van der Waals surface area contributed by atoms with Crippen LogP contribution in [0.25, 0.3) is 0 Å². The van der Waals surface area contributed by atoms with E-state index in [2.05, 4.69) is 39.7 Å². The fraction of sp³-hybridized carbons (Fsp3) is 0.190. The molecule has 28 heavy (non-hydrogen) atoms. The third-order valence-corrected chi connectivity index (χ3v) is 4.51. The number of carbonyl (C=O) groups is 1. The molecule has 2 heterocycles. The van der Waals surface area contributed by atoms with Crippen LogP contribution in [-0.4, -0.2) is 22.7 Å². The Hall–Kier alpha value is -3.61. The van der Waals surface area contributed by atoms with Gasteiger partial charge in [0.1, 0.15) is 17.8 Å². The topological polar surface area (TPSA) is 85.4 Å². The molecule has 0 saturated heterocycles. The van der Waals surface area contributed by atoms with Gasteiger partial charge in [0.25, 0.3) is 5.91 Å². The minimum absolute atomic E-state index is 0.227. The van der Waals surface area contributed by atoms with Crippen LogP contribution in [0.1, 0.15) is 27.2 Å². The number of carbonyl (C=O) groups excluding carboxylic acids is 1. The number of hydrogen-bond donors (Lipinski definition) is 2. The lowest BCUT2D eigenvalue weighted by molar-refractivity contribution is 0.0945. The fourth-order valence-corrected chi connectivity index (χ4v) is 2.90. The second-order valence-electron chi connectivity index (χ2n) is 6.44. The number of rotatable bonds is 6. The molecule has 7 nitrogen and oxygen atoms in total. The summed E-state index contributed by atoms with van der Waals surface area (Å²) in [5, 5.41) is 6.10. The number of aromatic nitrogens is 2. The molecule has 0 fully saturated rings. The zero-order valence-corrected chi connectivity index (χ0v) is 15.4. The van der Waals surface area contributed by atoms with Crippen LogP contribution in [0.2, 0.25) is 0 Å². The van der Waals surface area contributed by atoms with E-state index in [0.717, 1.165) is 11.3 Å². The Kier molecular flexibility index (Phi) is 5.05. The summed E-state index contributed by atoms with van der Waals surface area (Å²) < 4.78 is 10.6. The van der Waals surface area contributed by atoms with Crippen LogP contribution >= 0.6 is 0 Å². The highest BCUT2D eigenvalue weighted by Gasteiger charge is 2.14. The Labute approximate surface area is 162 Å². The number of amides is 1. The van der Waals surface area contributed by atoms with Crippen molar-refractivity contribution in [1.29, 1.82) is 0 Å². The molecule has 0 spiro atoms. The molecule has 1 aromatic heterocycles. The highest BCUT2D eigenvalue weighted by molar-refractivity contribution is 5.92. The van der Waals surface area contributed by atoms with E-state index in [-0.39, 0.29) is 12.7 Å². The zero-order chi connectivity index (χ0) is 19.3. The van der Waals surface area contributed by atoms with E-state index in [1.54, 1.807) is 6.07 Å². The standard InChI is InChI=1S/C21H20N4O3/c1-14-4-2-3-5-16(14)11-22-20-9-17(24-12-25-20)21(26)23-10-15-6-7-18-19(8-15)28-13-27-18/h2-9,12H,10-11,13H2,1H3,(H,23,26)(H,22,24,25). The Morgan fingerprint density at radius 2 is 1.89 bits per heavy atom. The SMILES string of the molecule is Cc1ccccc1CNc1cc(C(=O)NCc2ccc3c(c2)OCO3)ncn1. The van der Waals surface area contributed by atoms with E-state index >= 15 is 0 Å². The van der Waals surface area contributed by atoms with Gasteiger partial charge in [-0.25, -0.2) is 9.97 Å². The summed E-state index contributed by atoms with van der Waals surface area (Å²) in [6.45, 7) is 3.28. The molecular weight excluding hydrogens is 356 g/mol. The normalized spacial score (nSPS) is 11.9. The molecule has 0 aliphatic carbocycles. The van der Waals surface area contributed by atoms with E-state index in [1.165, 1.54) is 17.5 Å². The van der Waals surface area contributed by atoms with Crippen LogP contribution in [0, 0.1) is 6.92 Å². The maximum Gasteiger partial charge on any atom is 0.270 e. The van der Waals surface area contributed by atoms with Gasteiger partial charge in [0, 0.05) is 19.2 Å². The van der Waals surface area contributed by atoms with Crippen molar-refractivity contribution in [3.63, 3.8) is 0 Å². The number of anilines is 1. The van der Waals surface area contributed by atoms with Gasteiger partial charge in [-0.2, -0.15) is 0 Å². The summed E-state index contributed by atoms with van der Waals surface area (Å²) in [4.78, 5) is 20.7. The molecule has 3 aromatic rings. The number of ether oxygens (including phenoxy) is 2. The first kappa shape index (κ1) is 17.8. The van der Waals surface area contributed by atoms with Gasteiger partial charge in [0.2, 0.25) is 6.79 Å². The Morgan fingerprint density at radius 3 is 2.79 bits per heavy atom. The second kappa shape index (κ2) is 7.96. The number of fused-ring (bicyclic) bond motifs is 1. The van der Waals surface area contributed by atoms with Crippen molar-refractivity contribution in [3.8, 4) is 11.5 Å². The van der Waals surface area contributed by atoms with E-state index < -0.39 is 0 Å². The average Bonchev–Trinajstić information content (AvgIpc) is 3.19. The van der Waals surface area contributed by atoms with Gasteiger partial charge in [-0.05, 0) is 35.7 Å². The molecule has 2 aromatic carbocycles. The maximum atomic E-state index is 12.4. The molecule has 0 atom stereocenters. The molecule has 1 amide bonds. The monoisotopic (exact) mass is 376 g/mol. The quantitative estimate of drug-likeness (QED) is 0.688. The molecule has 0 unspecified atom stereocenters. The number of nitrogens with one attached hydrogen (secondary N) is 2. The van der Waals surface area contributed by atoms with E-state index in [0.29, 0.717) is 30.4 Å². The predicted molar refractivity (Wildman–Crippen MR) is 104 cm³/mol. The minimum Gasteiger partial charge on any atom is -0.454 e. The summed E-state index contributed by atoms with van der Waals surface area (Å²) in [6.07, 6.45) is 1.38. The Morgan fingerprint density at radius 1 is 1.04 bits per heavy atom. The van der Waals surface area contributed by atoms with Gasteiger partial charge >= 0.3 is 0 Å². The third kappa shape index (κ3) is 4.03. The highest BCUT2D eigenvalue weighted by atomic mass is 16.7. The fourth-order valence-electron chi connectivity index (χ4n) is 2.90. The summed E-state index contributed by atoms with van der Waals surface area (Å²) in [5.74, 6) is 1.75. The molecule has 0 radical (unpaired) electrons. The number of benzene rings is 2. The summed E-state index contributed by atoms with van der Waals surface area (Å²) in [7, 11) is 0. The number of hydrogen-bond acceptors (Lipinski definition) is 6. The smallest absolute Gasteiger partial charge is 0.270 e. The van der Waals surface area contributed by atoms with Crippen molar-refractivity contribution < 1.29 is 14.3 Å². The molecule has 7 heteroatoms. The predicted octanol–water partition coefficient (Wildman–Crippen LogP) is 3.06. The Balaban J connectivity index is 1.37. The molecule has 1 aliphatic rings. The number of aryl methyl sites for hydroxylation is 1. The van der Waals surface area contributed by atoms with Gasteiger partial charge in [-0.15, -0.1) is 0 Å². The van der Waals surface area contributed by atoms with Crippen molar-refractivity contribution in [2.45, 2.75) is 20.0 Å². The summed E-state index contributed by atoms with van der Waals surface area (Å²) in [6, 6.07) is 15.4. The van der Waals surface area contributed by atoms with Crippen molar-refractivity contribution in [2.24, 2.45) is 0 Å². The van der Waals surface area contributed by atoms with Gasteiger partial charge in [-0.1, -0.05) is 30.3 Å². The number of nitrogens with zero attached hydrogens (tertiary/aromatic N) is 2. The lowest BCUT2D eigenvalue weighted by Crippen LogP contribution is -2.24. The van der Waals surface area contributed by atoms with E-state index in [9.17, 15) is 4.79 Å². The molecule has 142 valence electrons. The third-order valence-electron chi connectivity index (χ3n) is 4.51. The van der Waals surface area contributed by atoms with E-state index in [1.807, 2.05) is 30.3 Å². The van der Waals surface area contributed by atoms with Crippen molar-refractivity contribution in [2.75, 3.05) is 12.1 Å². The summed E-state index contributed by atoms with van der Waals surface area (Å²) >= 11 is 0. The lowest BCUT2D eigenvalue weighted by Gasteiger charge is -2.09. The van der Waals surface area contributed by atoms with Crippen molar-refractivity contribution in [3.05, 3.63) is 77.2 Å². The van der Waals surface area contributed by atoms with Crippen molar-refractivity contribution in [1.82, 2.24) is 15.3 Å². The minimum atomic E-state index is -0.265. The highest BCUT2D eigenvalue weighted by Crippen LogP contribution is 2.32. The van der Waals surface area contributed by atoms with E-state index in [4.69, 9.17) is 9.47 Å². The molecule has 4 rings (SSSR count). The first-order chi connectivity index (χ1) is 13.7. The van der Waals surface area contributed by atoms with Crippen LogP contribution in [0.4, 0.5) is 5.82 Å². The van der Waals surface area contributed by atoms with Crippen LogP contribution < -0.4 is 20.1 Å². The lowest BCUT2D eigenvalue weighted by atomic mass is 10.1. The molecule has 0 saturated carbocycles. The van der Waals surface area contributed by atoms with Crippen molar-refractivity contribution >= 4 is 11.7 Å². The molecular formula is C21H20N4O3. The van der Waals surface area contributed by atoms with Crippen LogP contribution in [0.5, 0.6) is 11.5 Å². The molecule has 0 bridgehead atoms. The molecule has 1 aliphatic heterocycles. The van der Waals surface area contributed by atoms with Gasteiger partial charge in [0.15, 0.2) is 11.5 Å². The first-order valence-corrected chi connectivity index (χ1v) is 8.96. The average molecular weight is 376 g/mol. The molecule has 2 N–H and O–H groups in total. The maximum absolute atomic E-state index is 12.4. The van der Waals surface area contributed by atoms with Gasteiger partial charge in [0.05, 0.1) is 0 Å². The summed E-state index contributed by atoms with van der Waals surface area (Å²) in [5.41, 5.74) is 3.60. The second-order valence-corrected chi connectivity index (χ2v) is 6.44. The van der Waals surface area contributed by atoms with Gasteiger partial charge < -0.3 is 20.1 Å². The van der Waals surface area contributed by atoms with Crippen LogP contribution in [0.15, 0.2) is 54.9 Å². The van der Waals surface area contributed by atoms with Crippen LogP contribution in [0.3, 0.4) is 0 Å². The largest absolute Gasteiger partial charge is 0.454 e.